The van der Waals surface area contributed by atoms with Gasteiger partial charge in [-0.05, 0) is 6.08 Å². The molecule has 0 fully saturated rings. The molecule has 56 valence electrons. The lowest BCUT2D eigenvalue weighted by Crippen LogP contribution is -3.00. The van der Waals surface area contributed by atoms with Gasteiger partial charge in [0.25, 0.3) is 0 Å². The van der Waals surface area contributed by atoms with E-state index in [-0.39, 0.29) is 12.4 Å². The Morgan fingerprint density at radius 2 is 1.78 bits per heavy atom. The van der Waals surface area contributed by atoms with Gasteiger partial charge in [0, 0.05) is 0 Å². The highest BCUT2D eigenvalue weighted by molar-refractivity contribution is 4.69. The van der Waals surface area contributed by atoms with Crippen LogP contribution in [-0.2, 0) is 0 Å². The van der Waals surface area contributed by atoms with Crippen molar-refractivity contribution in [1.82, 2.24) is 0 Å². The van der Waals surface area contributed by atoms with Crippen LogP contribution in [0.3, 0.4) is 0 Å². The van der Waals surface area contributed by atoms with Crippen molar-refractivity contribution in [1.29, 1.82) is 0 Å². The van der Waals surface area contributed by atoms with Crippen LogP contribution in [0.5, 0.6) is 0 Å². The van der Waals surface area contributed by atoms with Gasteiger partial charge >= 0.3 is 0 Å². The summed E-state index contributed by atoms with van der Waals surface area (Å²) in [6.45, 7) is 3.46. The Hall–Kier alpha value is -0.0500. The van der Waals surface area contributed by atoms with E-state index in [2.05, 4.69) is 6.58 Å². The number of likely N-dealkylation sites (N-methyl/N-ethyl adjacent to an activating group) is 1. The van der Waals surface area contributed by atoms with Crippen molar-refractivity contribution in [2.45, 2.75) is 6.23 Å². The van der Waals surface area contributed by atoms with Gasteiger partial charge < -0.3 is 22.0 Å². The molecule has 2 nitrogen and oxygen atoms in total. The molecule has 0 heterocycles. The average Bonchev–Trinajstić information content (AvgIpc) is 1.62. The van der Waals surface area contributed by atoms with E-state index in [1.54, 1.807) is 0 Å². The Bertz CT molecular complexity index is 87.5. The third-order valence-electron chi connectivity index (χ3n) is 1.00. The molecule has 0 saturated carbocycles. The van der Waals surface area contributed by atoms with E-state index in [4.69, 9.17) is 5.11 Å². The summed E-state index contributed by atoms with van der Waals surface area (Å²) in [7, 11) is 5.73. The molecular weight excluding hydrogens is 138 g/mol. The minimum absolute atomic E-state index is 0. The van der Waals surface area contributed by atoms with Crippen molar-refractivity contribution in [3.63, 3.8) is 0 Å². The van der Waals surface area contributed by atoms with Gasteiger partial charge in [0.05, 0.1) is 21.1 Å². The highest BCUT2D eigenvalue weighted by atomic mass is 35.5. The molecule has 1 atom stereocenters. The monoisotopic (exact) mass is 151 g/mol. The summed E-state index contributed by atoms with van der Waals surface area (Å²) in [4.78, 5) is 0. The van der Waals surface area contributed by atoms with Crippen LogP contribution in [0.15, 0.2) is 12.7 Å². The predicted molar refractivity (Wildman–Crippen MR) is 34.2 cm³/mol. The van der Waals surface area contributed by atoms with E-state index in [1.807, 2.05) is 21.1 Å². The lowest BCUT2D eigenvalue weighted by atomic mass is 10.4. The van der Waals surface area contributed by atoms with Gasteiger partial charge in [-0.25, -0.2) is 0 Å². The topological polar surface area (TPSA) is 20.2 Å². The van der Waals surface area contributed by atoms with Crippen LogP contribution in [0.25, 0.3) is 0 Å². The third-order valence-corrected chi connectivity index (χ3v) is 1.00. The molecule has 0 bridgehead atoms. The van der Waals surface area contributed by atoms with Crippen molar-refractivity contribution in [2.75, 3.05) is 21.1 Å². The van der Waals surface area contributed by atoms with Crippen molar-refractivity contribution in [3.05, 3.63) is 12.7 Å². The van der Waals surface area contributed by atoms with Crippen molar-refractivity contribution < 1.29 is 22.0 Å². The molecule has 0 aliphatic heterocycles. The number of rotatable bonds is 2. The van der Waals surface area contributed by atoms with Gasteiger partial charge in [0.2, 0.25) is 6.23 Å². The summed E-state index contributed by atoms with van der Waals surface area (Å²) >= 11 is 0. The predicted octanol–water partition coefficient (Wildman–Crippen LogP) is -2.80. The SMILES string of the molecule is C=CC(O)[N+](C)(C)C.[Cl-]. The van der Waals surface area contributed by atoms with Crippen LogP contribution in [0, 0.1) is 0 Å². The molecule has 0 amide bonds. The fourth-order valence-electron chi connectivity index (χ4n) is 0.316. The van der Waals surface area contributed by atoms with Crippen LogP contribution < -0.4 is 12.4 Å². The zero-order chi connectivity index (χ0) is 6.78. The average molecular weight is 152 g/mol. The first-order chi connectivity index (χ1) is 3.48. The lowest BCUT2D eigenvalue weighted by molar-refractivity contribution is -0.910. The van der Waals surface area contributed by atoms with E-state index in [9.17, 15) is 0 Å². The largest absolute Gasteiger partial charge is 1.00 e. The van der Waals surface area contributed by atoms with Crippen molar-refractivity contribution in [3.8, 4) is 0 Å². The molecular formula is C6H14ClNO. The molecule has 0 aliphatic rings. The Balaban J connectivity index is 0. The molecule has 0 aromatic rings. The van der Waals surface area contributed by atoms with E-state index in [0.717, 1.165) is 0 Å². The number of halogens is 1. The van der Waals surface area contributed by atoms with Gasteiger partial charge in [-0.2, -0.15) is 0 Å². The summed E-state index contributed by atoms with van der Waals surface area (Å²) in [6.07, 6.45) is 1.08. The maximum absolute atomic E-state index is 9.05. The molecule has 0 aromatic heterocycles. The van der Waals surface area contributed by atoms with E-state index < -0.39 is 6.23 Å². The van der Waals surface area contributed by atoms with E-state index in [0.29, 0.717) is 4.48 Å². The first kappa shape index (κ1) is 11.7. The number of nitrogens with zero attached hydrogens (tertiary/aromatic N) is 1. The zero-order valence-electron chi connectivity index (χ0n) is 6.13. The standard InChI is InChI=1S/C6H14NO.ClH/c1-5-6(8)7(2,3)4;/h5-6,8H,1H2,2-4H3;1H/q+1;/p-1. The Kier molecular flexibility index (Phi) is 5.05. The van der Waals surface area contributed by atoms with Crippen LogP contribution in [0.1, 0.15) is 0 Å². The number of hydrogen-bond acceptors (Lipinski definition) is 1. The Morgan fingerprint density at radius 3 is 1.78 bits per heavy atom. The number of hydrogen-bond donors (Lipinski definition) is 1. The second-order valence-electron chi connectivity index (χ2n) is 2.77. The fourth-order valence-corrected chi connectivity index (χ4v) is 0.316. The highest BCUT2D eigenvalue weighted by Gasteiger charge is 2.14. The molecule has 1 N–H and O–H groups in total. The lowest BCUT2D eigenvalue weighted by Gasteiger charge is -2.27. The molecule has 0 spiro atoms. The molecule has 0 aliphatic carbocycles. The number of aliphatic hydroxyl groups excluding tert-OH is 1. The minimum Gasteiger partial charge on any atom is -1.00 e. The summed E-state index contributed by atoms with van der Waals surface area (Å²) in [5.41, 5.74) is 0. The van der Waals surface area contributed by atoms with Crippen molar-refractivity contribution in [2.24, 2.45) is 0 Å². The number of aliphatic hydroxyl groups is 1. The summed E-state index contributed by atoms with van der Waals surface area (Å²) in [5, 5.41) is 9.05. The Morgan fingerprint density at radius 1 is 1.44 bits per heavy atom. The maximum atomic E-state index is 9.05. The summed E-state index contributed by atoms with van der Waals surface area (Å²) < 4.78 is 0.517. The van der Waals surface area contributed by atoms with Crippen molar-refractivity contribution >= 4 is 0 Å². The smallest absolute Gasteiger partial charge is 0.209 e. The quantitative estimate of drug-likeness (QED) is 0.257. The van der Waals surface area contributed by atoms with Crippen LogP contribution >= 0.6 is 0 Å². The van der Waals surface area contributed by atoms with Gasteiger partial charge in [-0.15, -0.1) is 0 Å². The van der Waals surface area contributed by atoms with E-state index >= 15 is 0 Å². The van der Waals surface area contributed by atoms with Crippen LogP contribution in [0.4, 0.5) is 0 Å². The number of quaternary nitrogens is 1. The van der Waals surface area contributed by atoms with Gasteiger partial charge in [0.1, 0.15) is 0 Å². The molecule has 0 rings (SSSR count). The minimum atomic E-state index is -0.449. The van der Waals surface area contributed by atoms with Gasteiger partial charge in [-0.3, -0.25) is 0 Å². The van der Waals surface area contributed by atoms with Gasteiger partial charge in [-0.1, -0.05) is 6.58 Å². The maximum Gasteiger partial charge on any atom is 0.209 e. The molecule has 9 heavy (non-hydrogen) atoms. The second-order valence-corrected chi connectivity index (χ2v) is 2.77. The first-order valence-electron chi connectivity index (χ1n) is 2.60. The zero-order valence-corrected chi connectivity index (χ0v) is 6.89. The second kappa shape index (κ2) is 3.88. The van der Waals surface area contributed by atoms with Crippen LogP contribution in [0.2, 0.25) is 0 Å². The summed E-state index contributed by atoms with van der Waals surface area (Å²) in [5.74, 6) is 0. The molecule has 0 radical (unpaired) electrons. The van der Waals surface area contributed by atoms with Crippen LogP contribution in [-0.4, -0.2) is 37.0 Å². The molecule has 0 saturated heterocycles. The molecule has 3 heteroatoms. The molecule has 0 aromatic carbocycles. The fraction of sp³-hybridized carbons (Fsp3) is 0.667. The summed E-state index contributed by atoms with van der Waals surface area (Å²) in [6, 6.07) is 0. The Labute approximate surface area is 62.8 Å². The van der Waals surface area contributed by atoms with E-state index in [1.165, 1.54) is 6.08 Å². The third kappa shape index (κ3) is 4.45. The van der Waals surface area contributed by atoms with Gasteiger partial charge in [0.15, 0.2) is 0 Å². The first-order valence-corrected chi connectivity index (χ1v) is 2.60. The highest BCUT2D eigenvalue weighted by Crippen LogP contribution is 1.97. The molecule has 1 unspecified atom stereocenters. The normalized spacial score (nSPS) is 13.8.